The number of aromatic nitrogens is 1. The van der Waals surface area contributed by atoms with Crippen LogP contribution in [0, 0.1) is 6.92 Å². The van der Waals surface area contributed by atoms with Crippen LogP contribution in [-0.2, 0) is 5.92 Å². The monoisotopic (exact) mass is 206 g/mol. The Hall–Kier alpha value is -0.550. The van der Waals surface area contributed by atoms with Crippen LogP contribution in [0.4, 0.5) is 8.78 Å². The third kappa shape index (κ3) is 2.22. The number of hydrogen-bond donors (Lipinski definition) is 1. The van der Waals surface area contributed by atoms with Gasteiger partial charge in [-0.3, -0.25) is 0 Å². The fourth-order valence-corrected chi connectivity index (χ4v) is 1.97. The second-order valence-corrected chi connectivity index (χ2v) is 4.17. The molecule has 0 amide bonds. The maximum Gasteiger partial charge on any atom is 0.281 e. The van der Waals surface area contributed by atoms with Crippen LogP contribution < -0.4 is 5.73 Å². The van der Waals surface area contributed by atoms with Crippen LogP contribution >= 0.6 is 11.3 Å². The van der Waals surface area contributed by atoms with E-state index in [2.05, 4.69) is 4.98 Å². The molecule has 13 heavy (non-hydrogen) atoms. The van der Waals surface area contributed by atoms with Crippen LogP contribution in [0.25, 0.3) is 0 Å². The standard InChI is InChI=1S/C8H12F2N2S/c1-4(11)7-12-5(2)6(13-7)8(3,9)10/h4H,11H2,1-3H3. The minimum atomic E-state index is -2.81. The molecule has 0 aromatic carbocycles. The number of hydrogen-bond acceptors (Lipinski definition) is 3. The lowest BCUT2D eigenvalue weighted by atomic mass is 10.3. The highest BCUT2D eigenvalue weighted by Gasteiger charge is 2.30. The van der Waals surface area contributed by atoms with E-state index in [-0.39, 0.29) is 10.9 Å². The first kappa shape index (κ1) is 10.5. The van der Waals surface area contributed by atoms with E-state index in [0.717, 1.165) is 18.3 Å². The lowest BCUT2D eigenvalue weighted by molar-refractivity contribution is 0.0207. The van der Waals surface area contributed by atoms with E-state index in [4.69, 9.17) is 5.73 Å². The maximum absolute atomic E-state index is 12.9. The third-order valence-corrected chi connectivity index (χ3v) is 3.13. The molecule has 1 heterocycles. The quantitative estimate of drug-likeness (QED) is 0.807. The molecule has 5 heteroatoms. The van der Waals surface area contributed by atoms with Crippen LogP contribution in [0.2, 0.25) is 0 Å². The van der Waals surface area contributed by atoms with Gasteiger partial charge in [0.25, 0.3) is 5.92 Å². The highest BCUT2D eigenvalue weighted by molar-refractivity contribution is 7.12. The van der Waals surface area contributed by atoms with Gasteiger partial charge in [0.05, 0.1) is 16.6 Å². The second-order valence-electron chi connectivity index (χ2n) is 3.14. The Bertz CT molecular complexity index is 302. The van der Waals surface area contributed by atoms with Gasteiger partial charge >= 0.3 is 0 Å². The third-order valence-electron chi connectivity index (χ3n) is 1.60. The van der Waals surface area contributed by atoms with E-state index < -0.39 is 5.92 Å². The number of thiazole rings is 1. The van der Waals surface area contributed by atoms with Crippen molar-refractivity contribution in [2.75, 3.05) is 0 Å². The van der Waals surface area contributed by atoms with Crippen molar-refractivity contribution < 1.29 is 8.78 Å². The molecule has 1 unspecified atom stereocenters. The van der Waals surface area contributed by atoms with Crippen molar-refractivity contribution in [3.63, 3.8) is 0 Å². The zero-order valence-corrected chi connectivity index (χ0v) is 8.58. The first-order valence-electron chi connectivity index (χ1n) is 3.93. The summed E-state index contributed by atoms with van der Waals surface area (Å²) in [6.07, 6.45) is 0. The molecule has 0 radical (unpaired) electrons. The molecule has 0 saturated heterocycles. The Labute approximate surface area is 79.8 Å². The summed E-state index contributed by atoms with van der Waals surface area (Å²) >= 11 is 0.988. The average molecular weight is 206 g/mol. The number of aryl methyl sites for hydroxylation is 1. The van der Waals surface area contributed by atoms with E-state index in [1.807, 2.05) is 0 Å². The Morgan fingerprint density at radius 2 is 2.08 bits per heavy atom. The van der Waals surface area contributed by atoms with Crippen molar-refractivity contribution in [3.8, 4) is 0 Å². The van der Waals surface area contributed by atoms with Crippen molar-refractivity contribution in [3.05, 3.63) is 15.6 Å². The summed E-state index contributed by atoms with van der Waals surface area (Å²) in [7, 11) is 0. The number of nitrogens with zero attached hydrogens (tertiary/aromatic N) is 1. The van der Waals surface area contributed by atoms with Crippen LogP contribution in [0.3, 0.4) is 0 Å². The predicted octanol–water partition coefficient (Wildman–Crippen LogP) is 2.58. The minimum Gasteiger partial charge on any atom is -0.322 e. The fraction of sp³-hybridized carbons (Fsp3) is 0.625. The van der Waals surface area contributed by atoms with Crippen LogP contribution in [-0.4, -0.2) is 4.98 Å². The largest absolute Gasteiger partial charge is 0.322 e. The smallest absolute Gasteiger partial charge is 0.281 e. The molecule has 0 saturated carbocycles. The van der Waals surface area contributed by atoms with E-state index in [1.165, 1.54) is 0 Å². The van der Waals surface area contributed by atoms with E-state index in [1.54, 1.807) is 13.8 Å². The molecule has 2 N–H and O–H groups in total. The normalized spacial score (nSPS) is 14.6. The lowest BCUT2D eigenvalue weighted by Crippen LogP contribution is -2.05. The number of nitrogens with two attached hydrogens (primary N) is 1. The van der Waals surface area contributed by atoms with Crippen molar-refractivity contribution in [1.29, 1.82) is 0 Å². The molecule has 74 valence electrons. The summed E-state index contributed by atoms with van der Waals surface area (Å²) in [5.74, 6) is -2.81. The van der Waals surface area contributed by atoms with Gasteiger partial charge in [-0.05, 0) is 13.8 Å². The van der Waals surface area contributed by atoms with Gasteiger partial charge in [0, 0.05) is 6.92 Å². The van der Waals surface area contributed by atoms with Gasteiger partial charge < -0.3 is 5.73 Å². The molecule has 1 aromatic heterocycles. The summed E-state index contributed by atoms with van der Waals surface area (Å²) < 4.78 is 25.8. The Morgan fingerprint density at radius 3 is 2.31 bits per heavy atom. The number of rotatable bonds is 2. The summed E-state index contributed by atoms with van der Waals surface area (Å²) in [5.41, 5.74) is 5.92. The number of halogens is 2. The molecular weight excluding hydrogens is 194 g/mol. The SMILES string of the molecule is Cc1nc(C(C)N)sc1C(C)(F)F. The maximum atomic E-state index is 12.9. The van der Waals surface area contributed by atoms with Crippen molar-refractivity contribution in [1.82, 2.24) is 4.98 Å². The van der Waals surface area contributed by atoms with Crippen molar-refractivity contribution in [2.24, 2.45) is 5.73 Å². The molecule has 0 bridgehead atoms. The lowest BCUT2D eigenvalue weighted by Gasteiger charge is -2.06. The van der Waals surface area contributed by atoms with E-state index in [0.29, 0.717) is 10.7 Å². The first-order valence-corrected chi connectivity index (χ1v) is 4.75. The molecule has 0 fully saturated rings. The Balaban J connectivity index is 3.11. The number of alkyl halides is 2. The zero-order chi connectivity index (χ0) is 10.2. The van der Waals surface area contributed by atoms with Gasteiger partial charge in [0.2, 0.25) is 0 Å². The Kier molecular flexibility index (Phi) is 2.68. The summed E-state index contributed by atoms with van der Waals surface area (Å²) in [6.45, 7) is 4.18. The van der Waals surface area contributed by atoms with E-state index >= 15 is 0 Å². The molecule has 2 nitrogen and oxygen atoms in total. The summed E-state index contributed by atoms with van der Waals surface area (Å²) in [6, 6.07) is -0.278. The molecule has 0 aliphatic carbocycles. The van der Waals surface area contributed by atoms with Crippen molar-refractivity contribution in [2.45, 2.75) is 32.7 Å². The van der Waals surface area contributed by atoms with Gasteiger partial charge in [0.15, 0.2) is 0 Å². The zero-order valence-electron chi connectivity index (χ0n) is 7.77. The van der Waals surface area contributed by atoms with Gasteiger partial charge in [-0.25, -0.2) is 13.8 Å². The molecule has 1 aromatic rings. The average Bonchev–Trinajstić information content (AvgIpc) is 2.29. The molecule has 1 rings (SSSR count). The summed E-state index contributed by atoms with van der Waals surface area (Å²) in [4.78, 5) is 4.00. The first-order chi connectivity index (χ1) is 5.82. The fourth-order valence-electron chi connectivity index (χ4n) is 1.02. The van der Waals surface area contributed by atoms with Gasteiger partial charge in [-0.15, -0.1) is 11.3 Å². The molecule has 0 spiro atoms. The van der Waals surface area contributed by atoms with Crippen LogP contribution in [0.15, 0.2) is 0 Å². The van der Waals surface area contributed by atoms with Gasteiger partial charge in [-0.2, -0.15) is 0 Å². The molecule has 0 aliphatic rings. The molecule has 1 atom stereocenters. The van der Waals surface area contributed by atoms with Crippen molar-refractivity contribution >= 4 is 11.3 Å². The minimum absolute atomic E-state index is 0.0137. The highest BCUT2D eigenvalue weighted by Crippen LogP contribution is 2.35. The Morgan fingerprint density at radius 1 is 1.54 bits per heavy atom. The highest BCUT2D eigenvalue weighted by atomic mass is 32.1. The van der Waals surface area contributed by atoms with E-state index in [9.17, 15) is 8.78 Å². The van der Waals surface area contributed by atoms with Crippen LogP contribution in [0.1, 0.15) is 35.5 Å². The van der Waals surface area contributed by atoms with Gasteiger partial charge in [0.1, 0.15) is 5.01 Å². The van der Waals surface area contributed by atoms with Gasteiger partial charge in [-0.1, -0.05) is 0 Å². The predicted molar refractivity (Wildman–Crippen MR) is 49.0 cm³/mol. The second kappa shape index (κ2) is 3.31. The summed E-state index contributed by atoms with van der Waals surface area (Å²) in [5, 5.41) is 0.564. The topological polar surface area (TPSA) is 38.9 Å². The van der Waals surface area contributed by atoms with Crippen LogP contribution in [0.5, 0.6) is 0 Å². The molecular formula is C8H12F2N2S. The molecule has 0 aliphatic heterocycles.